The van der Waals surface area contributed by atoms with Crippen molar-refractivity contribution in [2.24, 2.45) is 5.41 Å². The molecule has 328 valence electrons. The number of hydrogen-bond donors (Lipinski definition) is 1. The second kappa shape index (κ2) is 41.0. The molecule has 0 heterocycles. The van der Waals surface area contributed by atoms with Crippen molar-refractivity contribution >= 4 is 17.8 Å². The van der Waals surface area contributed by atoms with Crippen LogP contribution in [0.5, 0.6) is 0 Å². The Morgan fingerprint density at radius 2 is 0.839 bits per heavy atom. The van der Waals surface area contributed by atoms with Crippen LogP contribution >= 0.6 is 0 Å². The minimum atomic E-state index is -0.216. The molecule has 56 heavy (non-hydrogen) atoms. The topological polar surface area (TPSA) is 93.1 Å². The zero-order valence-electron chi connectivity index (χ0n) is 37.4. The van der Waals surface area contributed by atoms with Crippen LogP contribution in [-0.2, 0) is 23.9 Å². The second-order valence-corrected chi connectivity index (χ2v) is 17.0. The van der Waals surface area contributed by atoms with E-state index in [1.807, 2.05) is 0 Å². The van der Waals surface area contributed by atoms with Gasteiger partial charge in [0.15, 0.2) is 0 Å². The van der Waals surface area contributed by atoms with Gasteiger partial charge in [0.2, 0.25) is 5.91 Å². The Labute approximate surface area is 346 Å². The third-order valence-electron chi connectivity index (χ3n) is 10.9. The first-order chi connectivity index (χ1) is 27.3. The minimum Gasteiger partial charge on any atom is -0.464 e. The number of carbonyl (C=O) groups is 3. The van der Waals surface area contributed by atoms with E-state index < -0.39 is 0 Å². The molecule has 1 amide bonds. The van der Waals surface area contributed by atoms with Gasteiger partial charge in [-0.15, -0.1) is 0 Å². The molecule has 0 saturated heterocycles. The first-order valence-corrected chi connectivity index (χ1v) is 23.8. The number of amides is 1. The van der Waals surface area contributed by atoms with Crippen LogP contribution < -0.4 is 0 Å². The SMILES string of the molecule is CCCCCCCC/C=C\CCCCCCCC(=O)OCCN(CCOC(=O)CCCCCCC/C=C\CCCCCCCC)C(=O)CCCC(C)(C)CCO. The summed E-state index contributed by atoms with van der Waals surface area (Å²) < 4.78 is 11.0. The van der Waals surface area contributed by atoms with Crippen LogP contribution in [0.15, 0.2) is 24.3 Å². The van der Waals surface area contributed by atoms with Crippen molar-refractivity contribution in [2.75, 3.05) is 32.9 Å². The van der Waals surface area contributed by atoms with Gasteiger partial charge in [0, 0.05) is 25.9 Å². The van der Waals surface area contributed by atoms with E-state index in [4.69, 9.17) is 9.47 Å². The zero-order chi connectivity index (χ0) is 41.2. The lowest BCUT2D eigenvalue weighted by Crippen LogP contribution is -2.37. The van der Waals surface area contributed by atoms with Crippen LogP contribution in [0.1, 0.15) is 233 Å². The number of carbonyl (C=O) groups excluding carboxylic acids is 3. The molecule has 0 aliphatic rings. The summed E-state index contributed by atoms with van der Waals surface area (Å²) in [6.45, 7) is 9.75. The van der Waals surface area contributed by atoms with Crippen molar-refractivity contribution in [3.8, 4) is 0 Å². The first kappa shape index (κ1) is 53.9. The van der Waals surface area contributed by atoms with Crippen molar-refractivity contribution in [3.63, 3.8) is 0 Å². The highest BCUT2D eigenvalue weighted by molar-refractivity contribution is 5.76. The Balaban J connectivity index is 4.26. The average molecular weight is 790 g/mol. The molecule has 0 aromatic carbocycles. The molecule has 0 atom stereocenters. The molecular weight excluding hydrogens is 699 g/mol. The summed E-state index contributed by atoms with van der Waals surface area (Å²) in [5, 5.41) is 9.35. The van der Waals surface area contributed by atoms with Crippen LogP contribution in [0.2, 0.25) is 0 Å². The molecule has 0 radical (unpaired) electrons. The molecule has 7 heteroatoms. The number of nitrogens with zero attached hydrogens (tertiary/aromatic N) is 1. The summed E-state index contributed by atoms with van der Waals surface area (Å²) in [6, 6.07) is 0. The molecule has 0 bridgehead atoms. The van der Waals surface area contributed by atoms with Gasteiger partial charge in [0.05, 0.1) is 13.1 Å². The molecule has 0 fully saturated rings. The standard InChI is InChI=1S/C49H91NO6/c1-5-7-9-11-13-15-17-19-21-23-25-27-29-31-33-37-47(53)55-44-41-50(46(52)36-35-39-49(3,4)40-43-51)42-45-56-48(54)38-34-32-30-28-26-24-22-20-18-16-14-12-10-8-6-2/h19-22,51H,5-18,23-45H2,1-4H3/b21-19-,22-20-. The predicted molar refractivity (Wildman–Crippen MR) is 237 cm³/mol. The quantitative estimate of drug-likeness (QED) is 0.0376. The summed E-state index contributed by atoms with van der Waals surface area (Å²) in [5.41, 5.74) is -0.0289. The van der Waals surface area contributed by atoms with Gasteiger partial charge in [-0.3, -0.25) is 14.4 Å². The van der Waals surface area contributed by atoms with E-state index in [2.05, 4.69) is 52.0 Å². The number of unbranched alkanes of at least 4 members (excludes halogenated alkanes) is 22. The minimum absolute atomic E-state index is 0.0218. The lowest BCUT2D eigenvalue weighted by Gasteiger charge is -2.25. The van der Waals surface area contributed by atoms with Crippen LogP contribution in [0.4, 0.5) is 0 Å². The smallest absolute Gasteiger partial charge is 0.305 e. The van der Waals surface area contributed by atoms with E-state index in [-0.39, 0.29) is 43.1 Å². The predicted octanol–water partition coefficient (Wildman–Crippen LogP) is 13.6. The zero-order valence-corrected chi connectivity index (χ0v) is 37.4. The van der Waals surface area contributed by atoms with E-state index in [1.165, 1.54) is 116 Å². The molecule has 0 unspecified atom stereocenters. The molecule has 0 spiro atoms. The maximum Gasteiger partial charge on any atom is 0.305 e. The number of hydrogen-bond acceptors (Lipinski definition) is 6. The average Bonchev–Trinajstić information content (AvgIpc) is 3.17. The van der Waals surface area contributed by atoms with E-state index in [0.29, 0.717) is 45.2 Å². The molecule has 0 aliphatic heterocycles. The molecular formula is C49H91NO6. The van der Waals surface area contributed by atoms with Crippen LogP contribution in [0.3, 0.4) is 0 Å². The van der Waals surface area contributed by atoms with Gasteiger partial charge in [0.25, 0.3) is 0 Å². The number of allylic oxidation sites excluding steroid dienone is 4. The number of rotatable bonds is 42. The molecule has 0 aliphatic carbocycles. The Morgan fingerprint density at radius 1 is 0.482 bits per heavy atom. The second-order valence-electron chi connectivity index (χ2n) is 17.0. The van der Waals surface area contributed by atoms with E-state index >= 15 is 0 Å². The molecule has 7 nitrogen and oxygen atoms in total. The fraction of sp³-hybridized carbons (Fsp3) is 0.857. The first-order valence-electron chi connectivity index (χ1n) is 23.8. The third kappa shape index (κ3) is 38.7. The van der Waals surface area contributed by atoms with Crippen LogP contribution in [0.25, 0.3) is 0 Å². The monoisotopic (exact) mass is 790 g/mol. The summed E-state index contributed by atoms with van der Waals surface area (Å²) in [7, 11) is 0. The molecule has 0 aromatic rings. The van der Waals surface area contributed by atoms with Gasteiger partial charge in [0.1, 0.15) is 13.2 Å². The number of esters is 2. The molecule has 1 N–H and O–H groups in total. The Kier molecular flexibility index (Phi) is 39.5. The van der Waals surface area contributed by atoms with Crippen LogP contribution in [-0.4, -0.2) is 60.8 Å². The Bertz CT molecular complexity index is 902. The largest absolute Gasteiger partial charge is 0.464 e. The summed E-state index contributed by atoms with van der Waals surface area (Å²) in [5.74, 6) is -0.453. The summed E-state index contributed by atoms with van der Waals surface area (Å²) in [6.07, 6.45) is 44.4. The highest BCUT2D eigenvalue weighted by atomic mass is 16.5. The number of ether oxygens (including phenoxy) is 2. The Morgan fingerprint density at radius 3 is 1.21 bits per heavy atom. The van der Waals surface area contributed by atoms with Crippen molar-refractivity contribution in [2.45, 2.75) is 233 Å². The highest BCUT2D eigenvalue weighted by Crippen LogP contribution is 2.27. The van der Waals surface area contributed by atoms with E-state index in [9.17, 15) is 19.5 Å². The molecule has 0 saturated carbocycles. The number of aliphatic hydroxyl groups is 1. The van der Waals surface area contributed by atoms with E-state index in [1.54, 1.807) is 4.90 Å². The Hall–Kier alpha value is -2.15. The van der Waals surface area contributed by atoms with Gasteiger partial charge in [-0.05, 0) is 88.9 Å². The lowest BCUT2D eigenvalue weighted by atomic mass is 9.84. The highest BCUT2D eigenvalue weighted by Gasteiger charge is 2.20. The van der Waals surface area contributed by atoms with Crippen molar-refractivity contribution < 1.29 is 29.0 Å². The van der Waals surface area contributed by atoms with Gasteiger partial charge in [-0.2, -0.15) is 0 Å². The summed E-state index contributed by atoms with van der Waals surface area (Å²) in [4.78, 5) is 39.7. The van der Waals surface area contributed by atoms with Crippen molar-refractivity contribution in [1.82, 2.24) is 4.90 Å². The van der Waals surface area contributed by atoms with Gasteiger partial charge in [-0.25, -0.2) is 0 Å². The lowest BCUT2D eigenvalue weighted by molar-refractivity contribution is -0.147. The summed E-state index contributed by atoms with van der Waals surface area (Å²) >= 11 is 0. The van der Waals surface area contributed by atoms with Gasteiger partial charge >= 0.3 is 11.9 Å². The number of aliphatic hydroxyl groups excluding tert-OH is 1. The van der Waals surface area contributed by atoms with Crippen molar-refractivity contribution in [3.05, 3.63) is 24.3 Å². The van der Waals surface area contributed by atoms with Gasteiger partial charge < -0.3 is 19.5 Å². The maximum absolute atomic E-state index is 13.2. The maximum atomic E-state index is 13.2. The van der Waals surface area contributed by atoms with Crippen molar-refractivity contribution in [1.29, 1.82) is 0 Å². The molecule has 0 aromatic heterocycles. The normalized spacial score (nSPS) is 11.9. The fourth-order valence-corrected chi connectivity index (χ4v) is 7.03. The third-order valence-corrected chi connectivity index (χ3v) is 10.9. The fourth-order valence-electron chi connectivity index (χ4n) is 7.03. The van der Waals surface area contributed by atoms with E-state index in [0.717, 1.165) is 57.8 Å². The molecule has 0 rings (SSSR count). The van der Waals surface area contributed by atoms with Crippen LogP contribution in [0, 0.1) is 5.41 Å². The van der Waals surface area contributed by atoms with Gasteiger partial charge in [-0.1, -0.05) is 155 Å².